The van der Waals surface area contributed by atoms with Crippen molar-refractivity contribution in [3.63, 3.8) is 0 Å². The number of benzene rings is 3. The summed E-state index contributed by atoms with van der Waals surface area (Å²) in [6.07, 6.45) is 1.42. The molecule has 0 aromatic heterocycles. The summed E-state index contributed by atoms with van der Waals surface area (Å²) in [5, 5.41) is 6.41. The number of anilines is 1. The highest BCUT2D eigenvalue weighted by Gasteiger charge is 2.14. The molecule has 0 bridgehead atoms. The SMILES string of the molecule is CCOc1ccc(NC(=O)C(=O)N/N=C/c2cc(Br)c(OCc3ccccc3C)c(OCC)c2)cc1. The van der Waals surface area contributed by atoms with Crippen molar-refractivity contribution < 1.29 is 23.8 Å². The smallest absolute Gasteiger partial charge is 0.329 e. The van der Waals surface area contributed by atoms with E-state index in [2.05, 4.69) is 31.8 Å². The van der Waals surface area contributed by atoms with E-state index in [1.165, 1.54) is 6.21 Å². The Morgan fingerprint density at radius 2 is 1.67 bits per heavy atom. The van der Waals surface area contributed by atoms with Gasteiger partial charge in [0.15, 0.2) is 11.5 Å². The van der Waals surface area contributed by atoms with Crippen LogP contribution >= 0.6 is 15.9 Å². The lowest BCUT2D eigenvalue weighted by atomic mass is 10.1. The van der Waals surface area contributed by atoms with Crippen LogP contribution in [0.1, 0.15) is 30.5 Å². The molecule has 3 aromatic rings. The van der Waals surface area contributed by atoms with Crippen LogP contribution in [0.3, 0.4) is 0 Å². The van der Waals surface area contributed by atoms with E-state index in [4.69, 9.17) is 14.2 Å². The molecule has 8 nitrogen and oxygen atoms in total. The molecule has 0 fully saturated rings. The van der Waals surface area contributed by atoms with Crippen molar-refractivity contribution in [1.82, 2.24) is 5.43 Å². The molecule has 2 N–H and O–H groups in total. The minimum Gasteiger partial charge on any atom is -0.494 e. The lowest BCUT2D eigenvalue weighted by Crippen LogP contribution is -2.32. The van der Waals surface area contributed by atoms with Crippen molar-refractivity contribution in [3.05, 3.63) is 81.8 Å². The van der Waals surface area contributed by atoms with Gasteiger partial charge in [0.2, 0.25) is 0 Å². The number of hydrogen-bond donors (Lipinski definition) is 2. The molecule has 3 aromatic carbocycles. The van der Waals surface area contributed by atoms with Crippen molar-refractivity contribution in [2.45, 2.75) is 27.4 Å². The van der Waals surface area contributed by atoms with Gasteiger partial charge in [0.1, 0.15) is 12.4 Å². The van der Waals surface area contributed by atoms with Crippen LogP contribution in [0.15, 0.2) is 70.2 Å². The van der Waals surface area contributed by atoms with Gasteiger partial charge < -0.3 is 19.5 Å². The Kier molecular flexibility index (Phi) is 9.88. The molecule has 188 valence electrons. The standard InChI is InChI=1S/C27H28BrN3O5/c1-4-34-22-12-10-21(11-13-22)30-26(32)27(33)31-29-16-19-14-23(28)25(24(15-19)35-5-2)36-17-20-9-7-6-8-18(20)3/h6-16H,4-5,17H2,1-3H3,(H,30,32)(H,31,33)/b29-16+. The van der Waals surface area contributed by atoms with E-state index in [1.54, 1.807) is 36.4 Å². The summed E-state index contributed by atoms with van der Waals surface area (Å²) in [6, 6.07) is 18.2. The van der Waals surface area contributed by atoms with Crippen molar-refractivity contribution in [2.24, 2.45) is 5.10 Å². The monoisotopic (exact) mass is 553 g/mol. The van der Waals surface area contributed by atoms with Gasteiger partial charge in [-0.2, -0.15) is 5.10 Å². The molecule has 0 radical (unpaired) electrons. The number of aryl methyl sites for hydroxylation is 1. The number of hydrazone groups is 1. The fourth-order valence-corrected chi connectivity index (χ4v) is 3.77. The van der Waals surface area contributed by atoms with Crippen LogP contribution in [0, 0.1) is 6.92 Å². The molecular formula is C27H28BrN3O5. The zero-order valence-corrected chi connectivity index (χ0v) is 21.9. The fourth-order valence-electron chi connectivity index (χ4n) is 3.19. The lowest BCUT2D eigenvalue weighted by molar-refractivity contribution is -0.136. The summed E-state index contributed by atoms with van der Waals surface area (Å²) in [5.74, 6) is 0.0288. The molecule has 9 heteroatoms. The van der Waals surface area contributed by atoms with E-state index in [0.29, 0.717) is 52.8 Å². The molecule has 2 amide bonds. The molecule has 0 saturated carbocycles. The molecule has 3 rings (SSSR count). The highest BCUT2D eigenvalue weighted by Crippen LogP contribution is 2.37. The van der Waals surface area contributed by atoms with Gasteiger partial charge >= 0.3 is 11.8 Å². The molecule has 0 aliphatic rings. The van der Waals surface area contributed by atoms with Crippen LogP contribution in [0.4, 0.5) is 5.69 Å². The molecule has 0 aliphatic heterocycles. The van der Waals surface area contributed by atoms with E-state index in [1.807, 2.05) is 45.0 Å². The summed E-state index contributed by atoms with van der Waals surface area (Å²) in [5.41, 5.74) is 5.54. The number of hydrogen-bond acceptors (Lipinski definition) is 6. The van der Waals surface area contributed by atoms with Crippen LogP contribution in [0.25, 0.3) is 0 Å². The Morgan fingerprint density at radius 1 is 0.944 bits per heavy atom. The van der Waals surface area contributed by atoms with Gasteiger partial charge in [0.25, 0.3) is 0 Å². The minimum absolute atomic E-state index is 0.387. The maximum atomic E-state index is 12.1. The lowest BCUT2D eigenvalue weighted by Gasteiger charge is -2.15. The first-order valence-corrected chi connectivity index (χ1v) is 12.2. The van der Waals surface area contributed by atoms with E-state index in [9.17, 15) is 9.59 Å². The van der Waals surface area contributed by atoms with Crippen molar-refractivity contribution >= 4 is 39.6 Å². The van der Waals surface area contributed by atoms with Crippen molar-refractivity contribution in [1.29, 1.82) is 0 Å². The summed E-state index contributed by atoms with van der Waals surface area (Å²) in [7, 11) is 0. The maximum Gasteiger partial charge on any atom is 0.329 e. The molecule has 0 atom stereocenters. The van der Waals surface area contributed by atoms with Crippen molar-refractivity contribution in [2.75, 3.05) is 18.5 Å². The normalized spacial score (nSPS) is 10.7. The van der Waals surface area contributed by atoms with E-state index in [0.717, 1.165) is 11.1 Å². The Labute approximate surface area is 218 Å². The first-order valence-electron chi connectivity index (χ1n) is 11.4. The van der Waals surface area contributed by atoms with E-state index < -0.39 is 11.8 Å². The number of carbonyl (C=O) groups is 2. The first kappa shape index (κ1) is 26.7. The van der Waals surface area contributed by atoms with E-state index in [-0.39, 0.29) is 0 Å². The van der Waals surface area contributed by atoms with Gasteiger partial charge in [-0.1, -0.05) is 24.3 Å². The molecule has 0 aliphatic carbocycles. The molecular weight excluding hydrogens is 526 g/mol. The Hall–Kier alpha value is -3.85. The van der Waals surface area contributed by atoms with Crippen LogP contribution in [-0.2, 0) is 16.2 Å². The highest BCUT2D eigenvalue weighted by atomic mass is 79.9. The number of nitrogens with zero attached hydrogens (tertiary/aromatic N) is 1. The summed E-state index contributed by atoms with van der Waals surface area (Å²) >= 11 is 3.53. The molecule has 0 spiro atoms. The van der Waals surface area contributed by atoms with Crippen LogP contribution in [0.2, 0.25) is 0 Å². The summed E-state index contributed by atoms with van der Waals surface area (Å²) < 4.78 is 17.8. The predicted octanol–water partition coefficient (Wildman–Crippen LogP) is 5.22. The largest absolute Gasteiger partial charge is 0.494 e. The third-order valence-corrected chi connectivity index (χ3v) is 5.56. The zero-order chi connectivity index (χ0) is 25.9. The van der Waals surface area contributed by atoms with Gasteiger partial charge in [-0.15, -0.1) is 0 Å². The Bertz CT molecular complexity index is 1230. The van der Waals surface area contributed by atoms with Crippen molar-refractivity contribution in [3.8, 4) is 17.2 Å². The number of ether oxygens (including phenoxy) is 3. The second kappa shape index (κ2) is 13.3. The Morgan fingerprint density at radius 3 is 2.36 bits per heavy atom. The number of carbonyl (C=O) groups excluding carboxylic acids is 2. The van der Waals surface area contributed by atoms with Gasteiger partial charge in [0, 0.05) is 5.69 Å². The summed E-state index contributed by atoms with van der Waals surface area (Å²) in [4.78, 5) is 24.3. The summed E-state index contributed by atoms with van der Waals surface area (Å²) in [6.45, 7) is 7.16. The second-order valence-electron chi connectivity index (χ2n) is 7.59. The van der Waals surface area contributed by atoms with Crippen LogP contribution < -0.4 is 25.0 Å². The molecule has 0 heterocycles. The molecule has 0 unspecified atom stereocenters. The molecule has 36 heavy (non-hydrogen) atoms. The minimum atomic E-state index is -0.901. The average Bonchev–Trinajstić information content (AvgIpc) is 2.86. The topological polar surface area (TPSA) is 98.2 Å². The fraction of sp³-hybridized carbons (Fsp3) is 0.222. The highest BCUT2D eigenvalue weighted by molar-refractivity contribution is 9.10. The van der Waals surface area contributed by atoms with Gasteiger partial charge in [0.05, 0.1) is 23.9 Å². The average molecular weight is 554 g/mol. The number of halogens is 1. The quantitative estimate of drug-likeness (QED) is 0.203. The van der Waals surface area contributed by atoms with E-state index >= 15 is 0 Å². The number of rotatable bonds is 10. The van der Waals surface area contributed by atoms with Crippen LogP contribution in [0.5, 0.6) is 17.2 Å². The van der Waals surface area contributed by atoms with Crippen LogP contribution in [-0.4, -0.2) is 31.2 Å². The first-order chi connectivity index (χ1) is 17.4. The third-order valence-electron chi connectivity index (χ3n) is 4.97. The molecule has 0 saturated heterocycles. The third kappa shape index (κ3) is 7.58. The van der Waals surface area contributed by atoms with Gasteiger partial charge in [-0.3, -0.25) is 9.59 Å². The number of amides is 2. The van der Waals surface area contributed by atoms with Gasteiger partial charge in [-0.05, 0) is 89.8 Å². The zero-order valence-electron chi connectivity index (χ0n) is 20.3. The van der Waals surface area contributed by atoms with Gasteiger partial charge in [-0.25, -0.2) is 5.43 Å². The maximum absolute atomic E-state index is 12.1. The Balaban J connectivity index is 1.62. The predicted molar refractivity (Wildman–Crippen MR) is 143 cm³/mol. The number of nitrogens with one attached hydrogen (secondary N) is 2. The second-order valence-corrected chi connectivity index (χ2v) is 8.44.